The van der Waals surface area contributed by atoms with Crippen molar-refractivity contribution in [2.45, 2.75) is 19.0 Å². The quantitative estimate of drug-likeness (QED) is 0.832. The molecule has 7 heteroatoms. The topological polar surface area (TPSA) is 65.7 Å². The molecule has 23 heavy (non-hydrogen) atoms. The molecule has 0 saturated carbocycles. The van der Waals surface area contributed by atoms with E-state index in [1.54, 1.807) is 4.90 Å². The van der Waals surface area contributed by atoms with Crippen molar-refractivity contribution in [2.24, 2.45) is 0 Å². The van der Waals surface area contributed by atoms with Gasteiger partial charge in [-0.1, -0.05) is 6.07 Å². The Morgan fingerprint density at radius 3 is 2.91 bits per heavy atom. The van der Waals surface area contributed by atoms with E-state index in [1.807, 2.05) is 25.2 Å². The Morgan fingerprint density at radius 1 is 1.30 bits per heavy atom. The fourth-order valence-electron chi connectivity index (χ4n) is 2.97. The Morgan fingerprint density at radius 2 is 2.09 bits per heavy atom. The minimum atomic E-state index is 0.163. The molecule has 1 aliphatic rings. The molecule has 0 radical (unpaired) electrons. The van der Waals surface area contributed by atoms with Gasteiger partial charge in [0.25, 0.3) is 0 Å². The number of fused-ring (bicyclic) bond motifs is 1. The largest absolute Gasteiger partial charge is 0.341 e. The average molecular weight is 317 g/mol. The van der Waals surface area contributed by atoms with Crippen molar-refractivity contribution < 1.29 is 9.42 Å². The third kappa shape index (κ3) is 3.68. The first kappa shape index (κ1) is 15.9. The maximum absolute atomic E-state index is 12.5. The van der Waals surface area contributed by atoms with E-state index in [9.17, 15) is 4.79 Å². The van der Waals surface area contributed by atoms with Crippen LogP contribution in [0.25, 0.3) is 11.0 Å². The van der Waals surface area contributed by atoms with Gasteiger partial charge >= 0.3 is 0 Å². The number of amides is 1. The van der Waals surface area contributed by atoms with Crippen molar-refractivity contribution in [1.82, 2.24) is 25.0 Å². The van der Waals surface area contributed by atoms with Crippen LogP contribution in [0.15, 0.2) is 22.8 Å². The maximum atomic E-state index is 12.5. The summed E-state index contributed by atoms with van der Waals surface area (Å²) in [7, 11) is 6.05. The lowest BCUT2D eigenvalue weighted by molar-refractivity contribution is -0.132. The van der Waals surface area contributed by atoms with Crippen LogP contribution in [0.3, 0.4) is 0 Å². The van der Waals surface area contributed by atoms with Gasteiger partial charge in [-0.2, -0.15) is 0 Å². The first-order valence-corrected chi connectivity index (χ1v) is 7.87. The molecule has 1 aromatic carbocycles. The summed E-state index contributed by atoms with van der Waals surface area (Å²) >= 11 is 0. The first-order chi connectivity index (χ1) is 11.0. The summed E-state index contributed by atoms with van der Waals surface area (Å²) in [6.45, 7) is 3.57. The maximum Gasteiger partial charge on any atom is 0.224 e. The third-order valence-corrected chi connectivity index (χ3v) is 4.55. The number of carbonyl (C=O) groups is 1. The Labute approximate surface area is 135 Å². The number of aromatic nitrogens is 2. The van der Waals surface area contributed by atoms with Gasteiger partial charge in [0.1, 0.15) is 11.0 Å². The molecule has 0 bridgehead atoms. The second-order valence-corrected chi connectivity index (χ2v) is 6.44. The molecule has 0 N–H and O–H groups in total. The normalized spacial score (nSPS) is 20.0. The van der Waals surface area contributed by atoms with Crippen LogP contribution >= 0.6 is 0 Å². The fraction of sp³-hybridized carbons (Fsp3) is 0.562. The van der Waals surface area contributed by atoms with Crippen LogP contribution < -0.4 is 0 Å². The van der Waals surface area contributed by atoms with Crippen molar-refractivity contribution in [2.75, 3.05) is 40.8 Å². The number of nitrogens with zero attached hydrogens (tertiary/aromatic N) is 5. The van der Waals surface area contributed by atoms with Crippen molar-refractivity contribution in [3.8, 4) is 0 Å². The third-order valence-electron chi connectivity index (χ3n) is 4.55. The molecule has 1 fully saturated rings. The smallest absolute Gasteiger partial charge is 0.224 e. The number of hydrogen-bond donors (Lipinski definition) is 0. The van der Waals surface area contributed by atoms with E-state index in [2.05, 4.69) is 34.2 Å². The van der Waals surface area contributed by atoms with Crippen LogP contribution in [-0.2, 0) is 11.3 Å². The molecule has 7 nitrogen and oxygen atoms in total. The van der Waals surface area contributed by atoms with Crippen LogP contribution in [0.5, 0.6) is 0 Å². The second kappa shape index (κ2) is 6.64. The average Bonchev–Trinajstić information content (AvgIpc) is 2.98. The summed E-state index contributed by atoms with van der Waals surface area (Å²) in [6.07, 6.45) is 0.547. The summed E-state index contributed by atoms with van der Waals surface area (Å²) in [5.74, 6) is 0.163. The van der Waals surface area contributed by atoms with Gasteiger partial charge in [0.05, 0.1) is 0 Å². The summed E-state index contributed by atoms with van der Waals surface area (Å²) < 4.78 is 4.70. The minimum absolute atomic E-state index is 0.163. The highest BCUT2D eigenvalue weighted by Gasteiger charge is 2.25. The number of benzene rings is 1. The zero-order valence-corrected chi connectivity index (χ0v) is 13.9. The molecule has 2 aromatic rings. The van der Waals surface area contributed by atoms with E-state index >= 15 is 0 Å². The van der Waals surface area contributed by atoms with E-state index in [0.717, 1.165) is 36.2 Å². The van der Waals surface area contributed by atoms with Gasteiger partial charge in [0, 0.05) is 45.7 Å². The highest BCUT2D eigenvalue weighted by molar-refractivity contribution is 5.77. The van der Waals surface area contributed by atoms with E-state index in [1.165, 1.54) is 0 Å². The molecule has 1 atom stereocenters. The zero-order chi connectivity index (χ0) is 16.4. The lowest BCUT2D eigenvalue weighted by atomic mass is 10.1. The lowest BCUT2D eigenvalue weighted by Crippen LogP contribution is -2.51. The molecule has 1 unspecified atom stereocenters. The van der Waals surface area contributed by atoms with Gasteiger partial charge in [0.15, 0.2) is 0 Å². The van der Waals surface area contributed by atoms with E-state index in [4.69, 9.17) is 4.63 Å². The van der Waals surface area contributed by atoms with Gasteiger partial charge in [-0.25, -0.2) is 4.63 Å². The van der Waals surface area contributed by atoms with E-state index < -0.39 is 0 Å². The Kier molecular flexibility index (Phi) is 4.58. The molecule has 0 aliphatic carbocycles. The predicted octanol–water partition coefficient (Wildman–Crippen LogP) is 0.817. The van der Waals surface area contributed by atoms with Crippen LogP contribution in [0.1, 0.15) is 12.0 Å². The highest BCUT2D eigenvalue weighted by atomic mass is 16.6. The van der Waals surface area contributed by atoms with Gasteiger partial charge < -0.3 is 14.7 Å². The van der Waals surface area contributed by atoms with Gasteiger partial charge in [0.2, 0.25) is 5.91 Å². The van der Waals surface area contributed by atoms with E-state index in [-0.39, 0.29) is 11.9 Å². The molecule has 2 heterocycles. The summed E-state index contributed by atoms with van der Waals surface area (Å²) in [5.41, 5.74) is 2.48. The molecule has 1 aromatic heterocycles. The number of likely N-dealkylation sites (N-methyl/N-ethyl adjacent to an activating group) is 2. The SMILES string of the molecule is CN1CCN(C)C(CC(=O)N(C)Cc2ccc3nonc3c2)C1. The lowest BCUT2D eigenvalue weighted by Gasteiger charge is -2.38. The summed E-state index contributed by atoms with van der Waals surface area (Å²) in [5, 5.41) is 7.63. The van der Waals surface area contributed by atoms with Gasteiger partial charge in [-0.3, -0.25) is 4.79 Å². The molecular weight excluding hydrogens is 294 g/mol. The van der Waals surface area contributed by atoms with Gasteiger partial charge in [-0.15, -0.1) is 0 Å². The summed E-state index contributed by atoms with van der Waals surface area (Å²) in [4.78, 5) is 18.8. The number of carbonyl (C=O) groups excluding carboxylic acids is 1. The Balaban J connectivity index is 1.60. The minimum Gasteiger partial charge on any atom is -0.341 e. The molecule has 3 rings (SSSR count). The zero-order valence-electron chi connectivity index (χ0n) is 13.9. The predicted molar refractivity (Wildman–Crippen MR) is 86.8 cm³/mol. The second-order valence-electron chi connectivity index (χ2n) is 6.44. The van der Waals surface area contributed by atoms with Crippen LogP contribution in [0.2, 0.25) is 0 Å². The molecule has 1 aliphatic heterocycles. The fourth-order valence-corrected chi connectivity index (χ4v) is 2.97. The van der Waals surface area contributed by atoms with E-state index in [0.29, 0.717) is 13.0 Å². The van der Waals surface area contributed by atoms with Crippen LogP contribution in [0, 0.1) is 0 Å². The summed E-state index contributed by atoms with van der Waals surface area (Å²) in [6, 6.07) is 6.02. The number of piperazine rings is 1. The molecule has 1 saturated heterocycles. The number of rotatable bonds is 4. The highest BCUT2D eigenvalue weighted by Crippen LogP contribution is 2.15. The van der Waals surface area contributed by atoms with Crippen LogP contribution in [-0.4, -0.2) is 77.7 Å². The molecule has 124 valence electrons. The Bertz CT molecular complexity index is 686. The van der Waals surface area contributed by atoms with Crippen LogP contribution in [0.4, 0.5) is 0 Å². The Hall–Kier alpha value is -1.99. The number of hydrogen-bond acceptors (Lipinski definition) is 6. The molecule has 0 spiro atoms. The first-order valence-electron chi connectivity index (χ1n) is 7.87. The van der Waals surface area contributed by atoms with Crippen molar-refractivity contribution in [1.29, 1.82) is 0 Å². The van der Waals surface area contributed by atoms with Gasteiger partial charge in [-0.05, 0) is 42.1 Å². The van der Waals surface area contributed by atoms with Crippen molar-refractivity contribution in [3.05, 3.63) is 23.8 Å². The van der Waals surface area contributed by atoms with Crippen molar-refractivity contribution >= 4 is 16.9 Å². The molecular formula is C16H23N5O2. The monoisotopic (exact) mass is 317 g/mol. The van der Waals surface area contributed by atoms with Crippen molar-refractivity contribution in [3.63, 3.8) is 0 Å². The standard InChI is InChI=1S/C16H23N5O2/c1-19-6-7-20(2)13(11-19)9-16(22)21(3)10-12-4-5-14-15(8-12)18-23-17-14/h4-5,8,13H,6-7,9-11H2,1-3H3. The molecule has 1 amide bonds.